The lowest BCUT2D eigenvalue weighted by Gasteiger charge is -2.19. The van der Waals surface area contributed by atoms with Crippen molar-refractivity contribution in [3.63, 3.8) is 0 Å². The maximum atomic E-state index is 8.93. The minimum Gasteiger partial charge on any atom is -0.395 e. The summed E-state index contributed by atoms with van der Waals surface area (Å²) in [6, 6.07) is 6.17. The SMILES string of the molecule is CCN(CCO)Cc1cccc(C(C)C)n1. The number of aliphatic hydroxyl groups is 1. The summed E-state index contributed by atoms with van der Waals surface area (Å²) in [6.07, 6.45) is 0. The van der Waals surface area contributed by atoms with Crippen LogP contribution in [0, 0.1) is 0 Å². The Bertz CT molecular complexity index is 313. The maximum absolute atomic E-state index is 8.93. The molecule has 1 N–H and O–H groups in total. The van der Waals surface area contributed by atoms with Gasteiger partial charge in [-0.2, -0.15) is 0 Å². The molecule has 0 aromatic carbocycles. The van der Waals surface area contributed by atoms with Crippen molar-refractivity contribution in [1.29, 1.82) is 0 Å². The second kappa shape index (κ2) is 6.61. The van der Waals surface area contributed by atoms with Crippen LogP contribution in [0.25, 0.3) is 0 Å². The summed E-state index contributed by atoms with van der Waals surface area (Å²) in [4.78, 5) is 6.81. The van der Waals surface area contributed by atoms with Gasteiger partial charge in [0.15, 0.2) is 0 Å². The molecule has 0 aliphatic rings. The van der Waals surface area contributed by atoms with E-state index in [1.807, 2.05) is 6.07 Å². The van der Waals surface area contributed by atoms with E-state index in [4.69, 9.17) is 5.11 Å². The summed E-state index contributed by atoms with van der Waals surface area (Å²) in [5.41, 5.74) is 2.22. The number of pyridine rings is 1. The highest BCUT2D eigenvalue weighted by atomic mass is 16.3. The van der Waals surface area contributed by atoms with Crippen molar-refractivity contribution in [2.45, 2.75) is 33.2 Å². The first-order valence-corrected chi connectivity index (χ1v) is 5.96. The zero-order valence-corrected chi connectivity index (χ0v) is 10.5. The minimum atomic E-state index is 0.206. The Labute approximate surface area is 98.1 Å². The van der Waals surface area contributed by atoms with Crippen LogP contribution in [-0.4, -0.2) is 34.7 Å². The van der Waals surface area contributed by atoms with E-state index in [9.17, 15) is 0 Å². The molecule has 1 heterocycles. The third-order valence-electron chi connectivity index (χ3n) is 2.67. The normalized spacial score (nSPS) is 11.4. The van der Waals surface area contributed by atoms with Crippen LogP contribution in [0.1, 0.15) is 38.1 Å². The molecule has 1 aromatic rings. The molecule has 0 atom stereocenters. The van der Waals surface area contributed by atoms with E-state index in [-0.39, 0.29) is 6.61 Å². The quantitative estimate of drug-likeness (QED) is 0.800. The molecule has 16 heavy (non-hydrogen) atoms. The average molecular weight is 222 g/mol. The Balaban J connectivity index is 2.68. The van der Waals surface area contributed by atoms with Crippen LogP contribution in [0.15, 0.2) is 18.2 Å². The predicted octanol–water partition coefficient (Wildman–Crippen LogP) is 2.02. The van der Waals surface area contributed by atoms with Crippen LogP contribution in [0.3, 0.4) is 0 Å². The summed E-state index contributed by atoms with van der Waals surface area (Å²) in [6.45, 7) is 9.07. The van der Waals surface area contributed by atoms with Crippen molar-refractivity contribution in [2.24, 2.45) is 0 Å². The fourth-order valence-electron chi connectivity index (χ4n) is 1.63. The van der Waals surface area contributed by atoms with Crippen molar-refractivity contribution < 1.29 is 5.11 Å². The summed E-state index contributed by atoms with van der Waals surface area (Å²) >= 11 is 0. The van der Waals surface area contributed by atoms with Gasteiger partial charge in [0, 0.05) is 18.8 Å². The molecule has 0 bridgehead atoms. The van der Waals surface area contributed by atoms with Gasteiger partial charge in [-0.3, -0.25) is 9.88 Å². The summed E-state index contributed by atoms with van der Waals surface area (Å²) in [5.74, 6) is 0.466. The van der Waals surface area contributed by atoms with Crippen LogP contribution in [0.5, 0.6) is 0 Å². The molecular weight excluding hydrogens is 200 g/mol. The molecule has 90 valence electrons. The molecule has 0 radical (unpaired) electrons. The van der Waals surface area contributed by atoms with Crippen molar-refractivity contribution in [2.75, 3.05) is 19.7 Å². The number of hydrogen-bond acceptors (Lipinski definition) is 3. The molecule has 0 saturated heterocycles. The smallest absolute Gasteiger partial charge is 0.0558 e. The van der Waals surface area contributed by atoms with Gasteiger partial charge in [-0.05, 0) is 24.6 Å². The molecule has 1 aromatic heterocycles. The molecule has 0 aliphatic carbocycles. The molecule has 0 aliphatic heterocycles. The van der Waals surface area contributed by atoms with E-state index < -0.39 is 0 Å². The van der Waals surface area contributed by atoms with Gasteiger partial charge in [-0.15, -0.1) is 0 Å². The van der Waals surface area contributed by atoms with E-state index in [2.05, 4.69) is 42.8 Å². The van der Waals surface area contributed by atoms with Gasteiger partial charge in [0.1, 0.15) is 0 Å². The van der Waals surface area contributed by atoms with Crippen LogP contribution in [-0.2, 0) is 6.54 Å². The highest BCUT2D eigenvalue weighted by Gasteiger charge is 2.06. The van der Waals surface area contributed by atoms with Crippen LogP contribution in [0.2, 0.25) is 0 Å². The minimum absolute atomic E-state index is 0.206. The molecule has 3 nitrogen and oxygen atoms in total. The van der Waals surface area contributed by atoms with Crippen LogP contribution >= 0.6 is 0 Å². The van der Waals surface area contributed by atoms with Crippen molar-refractivity contribution in [3.05, 3.63) is 29.6 Å². The molecule has 0 amide bonds. The fraction of sp³-hybridized carbons (Fsp3) is 0.615. The van der Waals surface area contributed by atoms with Crippen LogP contribution < -0.4 is 0 Å². The number of hydrogen-bond donors (Lipinski definition) is 1. The molecule has 1 rings (SSSR count). The number of aromatic nitrogens is 1. The average Bonchev–Trinajstić information content (AvgIpc) is 2.29. The van der Waals surface area contributed by atoms with Gasteiger partial charge in [-0.25, -0.2) is 0 Å². The fourth-order valence-corrected chi connectivity index (χ4v) is 1.63. The molecule has 3 heteroatoms. The molecule has 0 spiro atoms. The molecule has 0 unspecified atom stereocenters. The van der Waals surface area contributed by atoms with Gasteiger partial charge in [0.05, 0.1) is 12.3 Å². The predicted molar refractivity (Wildman–Crippen MR) is 66.4 cm³/mol. The third-order valence-corrected chi connectivity index (χ3v) is 2.67. The van der Waals surface area contributed by atoms with Crippen molar-refractivity contribution >= 4 is 0 Å². The van der Waals surface area contributed by atoms with Crippen molar-refractivity contribution in [1.82, 2.24) is 9.88 Å². The Morgan fingerprint density at radius 1 is 1.38 bits per heavy atom. The van der Waals surface area contributed by atoms with E-state index in [0.29, 0.717) is 12.5 Å². The molecule has 0 fully saturated rings. The number of aliphatic hydroxyl groups excluding tert-OH is 1. The Kier molecular flexibility index (Phi) is 5.43. The lowest BCUT2D eigenvalue weighted by atomic mass is 10.1. The Morgan fingerprint density at radius 3 is 2.69 bits per heavy atom. The lowest BCUT2D eigenvalue weighted by molar-refractivity contribution is 0.195. The summed E-state index contributed by atoms with van der Waals surface area (Å²) in [7, 11) is 0. The van der Waals surface area contributed by atoms with E-state index in [1.165, 1.54) is 0 Å². The zero-order valence-electron chi connectivity index (χ0n) is 10.5. The topological polar surface area (TPSA) is 36.4 Å². The standard InChI is InChI=1S/C13H22N2O/c1-4-15(8-9-16)10-12-6-5-7-13(14-12)11(2)3/h5-7,11,16H,4,8-10H2,1-3H3. The first kappa shape index (κ1) is 13.1. The highest BCUT2D eigenvalue weighted by Crippen LogP contribution is 2.12. The lowest BCUT2D eigenvalue weighted by Crippen LogP contribution is -2.26. The Hall–Kier alpha value is -0.930. The van der Waals surface area contributed by atoms with Gasteiger partial charge >= 0.3 is 0 Å². The molecule has 0 saturated carbocycles. The first-order valence-electron chi connectivity index (χ1n) is 5.96. The largest absolute Gasteiger partial charge is 0.395 e. The van der Waals surface area contributed by atoms with Crippen LogP contribution in [0.4, 0.5) is 0 Å². The second-order valence-corrected chi connectivity index (χ2v) is 4.30. The van der Waals surface area contributed by atoms with Gasteiger partial charge in [-0.1, -0.05) is 26.8 Å². The third kappa shape index (κ3) is 3.91. The Morgan fingerprint density at radius 2 is 2.12 bits per heavy atom. The van der Waals surface area contributed by atoms with E-state index >= 15 is 0 Å². The van der Waals surface area contributed by atoms with Crippen molar-refractivity contribution in [3.8, 4) is 0 Å². The maximum Gasteiger partial charge on any atom is 0.0558 e. The monoisotopic (exact) mass is 222 g/mol. The summed E-state index contributed by atoms with van der Waals surface area (Å²) < 4.78 is 0. The van der Waals surface area contributed by atoms with Gasteiger partial charge in [0.25, 0.3) is 0 Å². The van der Waals surface area contributed by atoms with Gasteiger partial charge in [0.2, 0.25) is 0 Å². The van der Waals surface area contributed by atoms with E-state index in [1.54, 1.807) is 0 Å². The van der Waals surface area contributed by atoms with E-state index in [0.717, 1.165) is 24.5 Å². The molecular formula is C13H22N2O. The summed E-state index contributed by atoms with van der Waals surface area (Å²) in [5, 5.41) is 8.93. The van der Waals surface area contributed by atoms with Gasteiger partial charge < -0.3 is 5.11 Å². The number of likely N-dealkylation sites (N-methyl/N-ethyl adjacent to an activating group) is 1. The highest BCUT2D eigenvalue weighted by molar-refractivity contribution is 5.13. The zero-order chi connectivity index (χ0) is 12.0. The number of rotatable bonds is 6. The number of nitrogens with zero attached hydrogens (tertiary/aromatic N) is 2. The first-order chi connectivity index (χ1) is 7.67. The second-order valence-electron chi connectivity index (χ2n) is 4.30.